The smallest absolute Gasteiger partial charge is 0.259 e. The molecule has 1 unspecified atom stereocenters. The minimum Gasteiger partial charge on any atom is -0.362 e. The molecule has 0 bridgehead atoms. The molecule has 150 valence electrons. The van der Waals surface area contributed by atoms with Gasteiger partial charge in [0.2, 0.25) is 0 Å². The van der Waals surface area contributed by atoms with Crippen LogP contribution in [-0.4, -0.2) is 21.5 Å². The van der Waals surface area contributed by atoms with Crippen molar-refractivity contribution in [2.75, 3.05) is 0 Å². The standard InChI is InChI=1S/C23H27N5O/c1-16-4-9-20(25-13-10-16)17-5-7-19(8-6-17)23(11-3-12-23)22(24)27-21(29)18-14-26-28(2)15-18/h5-10,13-16,25H,3-4,11-12H2,1-2H3,(H2,24,27,29). The van der Waals surface area contributed by atoms with Gasteiger partial charge in [0.1, 0.15) is 5.84 Å². The Morgan fingerprint density at radius 2 is 2.07 bits per heavy atom. The van der Waals surface area contributed by atoms with Crippen molar-refractivity contribution in [1.82, 2.24) is 20.4 Å². The molecule has 1 atom stereocenters. The highest BCUT2D eigenvalue weighted by Crippen LogP contribution is 2.44. The molecule has 1 fully saturated rings. The number of benzene rings is 1. The van der Waals surface area contributed by atoms with E-state index in [1.165, 1.54) is 6.20 Å². The van der Waals surface area contributed by atoms with Crippen LogP contribution in [0.15, 0.2) is 55.0 Å². The number of nitrogens with one attached hydrogen (secondary N) is 3. The van der Waals surface area contributed by atoms with Crippen molar-refractivity contribution in [3.05, 3.63) is 71.7 Å². The average molecular weight is 390 g/mol. The maximum Gasteiger partial charge on any atom is 0.259 e. The molecule has 2 aliphatic rings. The molecule has 4 rings (SSSR count). The van der Waals surface area contributed by atoms with Gasteiger partial charge in [-0.2, -0.15) is 5.10 Å². The minimum absolute atomic E-state index is 0.272. The first kappa shape index (κ1) is 19.2. The van der Waals surface area contributed by atoms with Gasteiger partial charge in [-0.1, -0.05) is 49.8 Å². The fourth-order valence-corrected chi connectivity index (χ4v) is 3.97. The third-order valence-corrected chi connectivity index (χ3v) is 6.00. The first-order valence-corrected chi connectivity index (χ1v) is 10.1. The predicted molar refractivity (Wildman–Crippen MR) is 114 cm³/mol. The lowest BCUT2D eigenvalue weighted by molar-refractivity contribution is 0.0972. The van der Waals surface area contributed by atoms with Crippen LogP contribution in [0, 0.1) is 11.3 Å². The molecular formula is C23H27N5O. The van der Waals surface area contributed by atoms with Crippen LogP contribution in [0.2, 0.25) is 0 Å². The number of carbonyl (C=O) groups excluding carboxylic acids is 1. The summed E-state index contributed by atoms with van der Waals surface area (Å²) in [5, 5.41) is 18.8. The Labute approximate surface area is 171 Å². The Morgan fingerprint density at radius 1 is 1.31 bits per heavy atom. The van der Waals surface area contributed by atoms with Gasteiger partial charge in [-0.25, -0.2) is 0 Å². The molecule has 1 aliphatic heterocycles. The Kier molecular flexibility index (Phi) is 5.09. The van der Waals surface area contributed by atoms with Crippen molar-refractivity contribution in [3.8, 4) is 0 Å². The number of rotatable bonds is 4. The first-order valence-electron chi connectivity index (χ1n) is 10.1. The third kappa shape index (κ3) is 3.75. The number of aromatic nitrogens is 2. The zero-order valence-corrected chi connectivity index (χ0v) is 16.9. The lowest BCUT2D eigenvalue weighted by Crippen LogP contribution is -2.50. The van der Waals surface area contributed by atoms with Crippen LogP contribution in [-0.2, 0) is 12.5 Å². The van der Waals surface area contributed by atoms with Crippen molar-refractivity contribution in [3.63, 3.8) is 0 Å². The van der Waals surface area contributed by atoms with E-state index in [9.17, 15) is 4.79 Å². The number of aryl methyl sites for hydroxylation is 1. The fraction of sp³-hybridized carbons (Fsp3) is 0.348. The third-order valence-electron chi connectivity index (χ3n) is 6.00. The molecule has 29 heavy (non-hydrogen) atoms. The van der Waals surface area contributed by atoms with Gasteiger partial charge in [0.05, 0.1) is 17.2 Å². The summed E-state index contributed by atoms with van der Waals surface area (Å²) in [5.74, 6) is 0.523. The number of amidine groups is 1. The average Bonchev–Trinajstić information content (AvgIpc) is 2.99. The Bertz CT molecular complexity index is 979. The van der Waals surface area contributed by atoms with Crippen LogP contribution in [0.1, 0.15) is 54.1 Å². The maximum absolute atomic E-state index is 12.5. The molecule has 1 saturated carbocycles. The highest BCUT2D eigenvalue weighted by molar-refractivity contribution is 6.08. The second kappa shape index (κ2) is 7.70. The normalized spacial score (nSPS) is 20.1. The van der Waals surface area contributed by atoms with Gasteiger partial charge >= 0.3 is 0 Å². The van der Waals surface area contributed by atoms with Gasteiger partial charge in [-0.05, 0) is 42.5 Å². The SMILES string of the molecule is CC1C=CNC(c2ccc(C3(C(=N)NC(=O)c4cnn(C)c4)CCC3)cc2)=CC1. The number of carbonyl (C=O) groups is 1. The molecule has 0 radical (unpaired) electrons. The van der Waals surface area contributed by atoms with Crippen LogP contribution in [0.25, 0.3) is 5.70 Å². The minimum atomic E-state index is -0.407. The monoisotopic (exact) mass is 389 g/mol. The second-order valence-electron chi connectivity index (χ2n) is 8.08. The molecule has 0 saturated heterocycles. The lowest BCUT2D eigenvalue weighted by atomic mass is 9.63. The van der Waals surface area contributed by atoms with E-state index in [-0.39, 0.29) is 11.7 Å². The molecule has 1 aliphatic carbocycles. The zero-order valence-electron chi connectivity index (χ0n) is 16.9. The highest BCUT2D eigenvalue weighted by Gasteiger charge is 2.43. The quantitative estimate of drug-likeness (QED) is 0.550. The van der Waals surface area contributed by atoms with Crippen molar-refractivity contribution in [2.24, 2.45) is 13.0 Å². The molecule has 2 heterocycles. The Morgan fingerprint density at radius 3 is 2.69 bits per heavy atom. The summed E-state index contributed by atoms with van der Waals surface area (Å²) in [7, 11) is 1.77. The fourth-order valence-electron chi connectivity index (χ4n) is 3.97. The van der Waals surface area contributed by atoms with E-state index in [0.29, 0.717) is 11.5 Å². The van der Waals surface area contributed by atoms with Gasteiger partial charge < -0.3 is 10.6 Å². The summed E-state index contributed by atoms with van der Waals surface area (Å²) >= 11 is 0. The van der Waals surface area contributed by atoms with Gasteiger partial charge in [-0.3, -0.25) is 14.9 Å². The molecule has 1 aromatic carbocycles. The number of hydrogen-bond donors (Lipinski definition) is 3. The zero-order chi connectivity index (χ0) is 20.4. The predicted octanol–water partition coefficient (Wildman–Crippen LogP) is 3.73. The van der Waals surface area contributed by atoms with Crippen LogP contribution < -0.4 is 10.6 Å². The topological polar surface area (TPSA) is 82.8 Å². The molecule has 1 aromatic heterocycles. The van der Waals surface area contributed by atoms with Crippen LogP contribution in [0.4, 0.5) is 0 Å². The molecular weight excluding hydrogens is 362 g/mol. The highest BCUT2D eigenvalue weighted by atomic mass is 16.1. The molecule has 2 aromatic rings. The Balaban J connectivity index is 1.52. The number of amides is 1. The van der Waals surface area contributed by atoms with Gasteiger partial charge in [0, 0.05) is 18.9 Å². The summed E-state index contributed by atoms with van der Waals surface area (Å²) in [6.07, 6.45) is 13.4. The second-order valence-corrected chi connectivity index (χ2v) is 8.08. The number of allylic oxidation sites excluding steroid dienone is 2. The van der Waals surface area contributed by atoms with E-state index in [4.69, 9.17) is 5.41 Å². The summed E-state index contributed by atoms with van der Waals surface area (Å²) in [6.45, 7) is 2.20. The van der Waals surface area contributed by atoms with E-state index < -0.39 is 5.41 Å². The molecule has 1 amide bonds. The molecule has 6 heteroatoms. The lowest BCUT2D eigenvalue weighted by Gasteiger charge is -2.42. The largest absolute Gasteiger partial charge is 0.362 e. The van der Waals surface area contributed by atoms with E-state index in [0.717, 1.165) is 42.5 Å². The maximum atomic E-state index is 12.5. The summed E-state index contributed by atoms with van der Waals surface area (Å²) in [5.41, 5.74) is 3.39. The van der Waals surface area contributed by atoms with Crippen LogP contribution in [0.5, 0.6) is 0 Å². The van der Waals surface area contributed by atoms with Crippen molar-refractivity contribution < 1.29 is 4.79 Å². The van der Waals surface area contributed by atoms with Gasteiger partial charge in [0.25, 0.3) is 5.91 Å². The van der Waals surface area contributed by atoms with Crippen LogP contribution >= 0.6 is 0 Å². The summed E-state index contributed by atoms with van der Waals surface area (Å²) in [4.78, 5) is 12.5. The Hall–Kier alpha value is -3.15. The van der Waals surface area contributed by atoms with Crippen molar-refractivity contribution >= 4 is 17.4 Å². The van der Waals surface area contributed by atoms with Crippen molar-refractivity contribution in [2.45, 2.75) is 38.0 Å². The van der Waals surface area contributed by atoms with Crippen molar-refractivity contribution in [1.29, 1.82) is 5.41 Å². The molecule has 0 spiro atoms. The van der Waals surface area contributed by atoms with E-state index in [1.54, 1.807) is 17.9 Å². The van der Waals surface area contributed by atoms with E-state index >= 15 is 0 Å². The van der Waals surface area contributed by atoms with E-state index in [2.05, 4.69) is 59.1 Å². The van der Waals surface area contributed by atoms with E-state index in [1.807, 2.05) is 6.20 Å². The summed E-state index contributed by atoms with van der Waals surface area (Å²) in [6, 6.07) is 8.40. The first-order chi connectivity index (χ1) is 14.0. The van der Waals surface area contributed by atoms with Gasteiger partial charge in [0.15, 0.2) is 0 Å². The number of nitrogens with zero attached hydrogens (tertiary/aromatic N) is 2. The number of hydrogen-bond acceptors (Lipinski definition) is 4. The summed E-state index contributed by atoms with van der Waals surface area (Å²) < 4.78 is 1.59. The molecule has 3 N–H and O–H groups in total. The van der Waals surface area contributed by atoms with Crippen LogP contribution in [0.3, 0.4) is 0 Å². The van der Waals surface area contributed by atoms with Gasteiger partial charge in [-0.15, -0.1) is 0 Å². The molecule has 6 nitrogen and oxygen atoms in total.